The first-order chi connectivity index (χ1) is 1.73. The maximum absolute atomic E-state index is 8.33. The van der Waals surface area contributed by atoms with Crippen LogP contribution in [0.25, 0.3) is 0 Å². The van der Waals surface area contributed by atoms with Gasteiger partial charge in [0.05, 0.1) is 0 Å². The summed E-state index contributed by atoms with van der Waals surface area (Å²) in [6, 6.07) is 0. The molecule has 4 nitrogen and oxygen atoms in total. The molecule has 6 heteroatoms. The Labute approximate surface area is 60.3 Å². The fourth-order valence-electron chi connectivity index (χ4n) is 0. The third-order valence-corrected chi connectivity index (χ3v) is 0. The van der Waals surface area contributed by atoms with E-state index in [1.807, 2.05) is 0 Å². The van der Waals surface area contributed by atoms with Gasteiger partial charge < -0.3 is 20.5 Å². The second-order valence-corrected chi connectivity index (χ2v) is 0.250. The van der Waals surface area contributed by atoms with Crippen LogP contribution < -0.4 is 10.2 Å². The second kappa shape index (κ2) is 16.3. The SMILES string of the molecule is O=C([O-])[O-].[Co+2].[Ni+2].[OH-]. The van der Waals surface area contributed by atoms with E-state index in [9.17, 15) is 0 Å². The van der Waals surface area contributed by atoms with E-state index in [0.29, 0.717) is 0 Å². The standard InChI is InChI=1S/CH2O3.Co.Ni.H2O/c2-1(3)4;;;/h(H2,2,3,4);;;1H2/q;2*+2;/p-3. The first-order valence-corrected chi connectivity index (χ1v) is 0.612. The minimum atomic E-state index is -2.33. The van der Waals surface area contributed by atoms with Crippen LogP contribution in [0.15, 0.2) is 0 Å². The average molecular weight is 195 g/mol. The van der Waals surface area contributed by atoms with Gasteiger partial charge in [-0.15, -0.1) is 0 Å². The second-order valence-electron chi connectivity index (χ2n) is 0.250. The molecule has 7 heavy (non-hydrogen) atoms. The molecule has 0 aliphatic rings. The molecule has 1 N–H and O–H groups in total. The fraction of sp³-hybridized carbons (Fsp3) is 0. The third kappa shape index (κ3) is 2110. The van der Waals surface area contributed by atoms with E-state index in [1.165, 1.54) is 0 Å². The van der Waals surface area contributed by atoms with Crippen LogP contribution in [-0.2, 0) is 33.3 Å². The van der Waals surface area contributed by atoms with Crippen LogP contribution in [0.3, 0.4) is 0 Å². The molecule has 0 amide bonds. The van der Waals surface area contributed by atoms with Gasteiger partial charge in [0.2, 0.25) is 0 Å². The van der Waals surface area contributed by atoms with E-state index in [-0.39, 0.29) is 38.7 Å². The van der Waals surface area contributed by atoms with Gasteiger partial charge in [-0.2, -0.15) is 0 Å². The fourth-order valence-corrected chi connectivity index (χ4v) is 0. The molecule has 0 aromatic carbocycles. The Bertz CT molecular complexity index is 34.7. The molecule has 0 aromatic heterocycles. The van der Waals surface area contributed by atoms with E-state index in [0.717, 1.165) is 0 Å². The van der Waals surface area contributed by atoms with Crippen molar-refractivity contribution in [1.82, 2.24) is 0 Å². The topological polar surface area (TPSA) is 93.2 Å². The minimum absolute atomic E-state index is 0. The number of hydrogen-bond acceptors (Lipinski definition) is 4. The Kier molecular flexibility index (Phi) is 62.8. The molecule has 0 bridgehead atoms. The molecule has 0 saturated carbocycles. The molecular formula is CHCoNiO4+. The molecule has 0 atom stereocenters. The van der Waals surface area contributed by atoms with Crippen molar-refractivity contribution in [3.8, 4) is 0 Å². The Hall–Kier alpha value is 0.230. The molecule has 0 unspecified atom stereocenters. The molecular weight excluding hydrogens is 194 g/mol. The third-order valence-electron chi connectivity index (χ3n) is 0. The van der Waals surface area contributed by atoms with E-state index in [4.69, 9.17) is 15.0 Å². The molecule has 0 aliphatic carbocycles. The number of hydrogen-bond donors (Lipinski definition) is 0. The summed E-state index contributed by atoms with van der Waals surface area (Å²) in [5.74, 6) is 0. The quantitative estimate of drug-likeness (QED) is 0.395. The first-order valence-electron chi connectivity index (χ1n) is 0.612. The smallest absolute Gasteiger partial charge is 0.870 e. The summed E-state index contributed by atoms with van der Waals surface area (Å²) in [6.45, 7) is 0. The van der Waals surface area contributed by atoms with Gasteiger partial charge in [0.25, 0.3) is 0 Å². The van der Waals surface area contributed by atoms with Crippen molar-refractivity contribution in [2.75, 3.05) is 0 Å². The summed E-state index contributed by atoms with van der Waals surface area (Å²) in [5.41, 5.74) is 0. The van der Waals surface area contributed by atoms with Crippen molar-refractivity contribution in [2.45, 2.75) is 0 Å². The van der Waals surface area contributed by atoms with Gasteiger partial charge >= 0.3 is 33.3 Å². The van der Waals surface area contributed by atoms with E-state index >= 15 is 0 Å². The van der Waals surface area contributed by atoms with Crippen molar-refractivity contribution >= 4 is 6.16 Å². The Morgan fingerprint density at radius 3 is 1.29 bits per heavy atom. The number of carbonyl (C=O) groups excluding carboxylic acids is 1. The van der Waals surface area contributed by atoms with Crippen LogP contribution >= 0.6 is 0 Å². The van der Waals surface area contributed by atoms with Crippen LogP contribution in [0, 0.1) is 0 Å². The summed E-state index contributed by atoms with van der Waals surface area (Å²) >= 11 is 0. The van der Waals surface area contributed by atoms with E-state index < -0.39 is 6.16 Å². The summed E-state index contributed by atoms with van der Waals surface area (Å²) in [4.78, 5) is 8.33. The van der Waals surface area contributed by atoms with Crippen molar-refractivity contribution in [2.24, 2.45) is 0 Å². The number of carbonyl (C=O) groups is 1. The van der Waals surface area contributed by atoms with Gasteiger partial charge in [0.1, 0.15) is 0 Å². The van der Waals surface area contributed by atoms with Gasteiger partial charge in [-0.1, -0.05) is 0 Å². The summed E-state index contributed by atoms with van der Waals surface area (Å²) in [5, 5.41) is 16.7. The Balaban J connectivity index is -0.0000000150. The molecule has 0 aliphatic heterocycles. The monoisotopic (exact) mass is 194 g/mol. The normalized spacial score (nSPS) is 3.43. The number of carboxylic acid groups (broad SMARTS) is 2. The number of rotatable bonds is 0. The molecule has 47 valence electrons. The van der Waals surface area contributed by atoms with Crippen molar-refractivity contribution in [3.05, 3.63) is 0 Å². The van der Waals surface area contributed by atoms with Gasteiger partial charge in [0.15, 0.2) is 0 Å². The van der Waals surface area contributed by atoms with Crippen LogP contribution in [0.5, 0.6) is 0 Å². The van der Waals surface area contributed by atoms with E-state index in [1.54, 1.807) is 0 Å². The molecule has 0 rings (SSSR count). The molecule has 0 fully saturated rings. The van der Waals surface area contributed by atoms with Gasteiger partial charge in [-0.3, -0.25) is 0 Å². The van der Waals surface area contributed by atoms with Gasteiger partial charge in [-0.05, 0) is 6.16 Å². The van der Waals surface area contributed by atoms with E-state index in [2.05, 4.69) is 0 Å². The largest absolute Gasteiger partial charge is 2.00 e. The Morgan fingerprint density at radius 2 is 1.29 bits per heavy atom. The zero-order valence-electron chi connectivity index (χ0n) is 2.82. The first kappa shape index (κ1) is 26.9. The van der Waals surface area contributed by atoms with Crippen LogP contribution in [0.1, 0.15) is 0 Å². The summed E-state index contributed by atoms with van der Waals surface area (Å²) in [6.07, 6.45) is -2.33. The molecule has 0 saturated heterocycles. The van der Waals surface area contributed by atoms with Crippen LogP contribution in [-0.4, -0.2) is 11.6 Å². The molecule has 0 heterocycles. The minimum Gasteiger partial charge on any atom is -0.870 e. The molecule has 0 spiro atoms. The molecule has 1 radical (unpaired) electrons. The average Bonchev–Trinajstić information content (AvgIpc) is 0.811. The van der Waals surface area contributed by atoms with Gasteiger partial charge in [-0.25, -0.2) is 0 Å². The van der Waals surface area contributed by atoms with Crippen LogP contribution in [0.4, 0.5) is 4.79 Å². The maximum atomic E-state index is 8.33. The summed E-state index contributed by atoms with van der Waals surface area (Å²) < 4.78 is 0. The summed E-state index contributed by atoms with van der Waals surface area (Å²) in [7, 11) is 0. The molecule has 0 aromatic rings. The van der Waals surface area contributed by atoms with Gasteiger partial charge in [0, 0.05) is 0 Å². The van der Waals surface area contributed by atoms with Crippen molar-refractivity contribution < 1.29 is 53.8 Å². The Morgan fingerprint density at radius 1 is 1.29 bits per heavy atom. The predicted octanol–water partition coefficient (Wildman–Crippen LogP) is -2.63. The van der Waals surface area contributed by atoms with Crippen LogP contribution in [0.2, 0.25) is 0 Å². The van der Waals surface area contributed by atoms with Crippen molar-refractivity contribution in [1.29, 1.82) is 0 Å². The maximum Gasteiger partial charge on any atom is 2.00 e. The zero-order valence-corrected chi connectivity index (χ0v) is 4.85. The zero-order chi connectivity index (χ0) is 3.58. The van der Waals surface area contributed by atoms with Crippen molar-refractivity contribution in [3.63, 3.8) is 0 Å². The predicted molar refractivity (Wildman–Crippen MR) is 7.33 cm³/mol.